The number of nitrogens with zero attached hydrogens (tertiary/aromatic N) is 2. The van der Waals surface area contributed by atoms with E-state index < -0.39 is 0 Å². The van der Waals surface area contributed by atoms with Gasteiger partial charge < -0.3 is 5.73 Å². The minimum absolute atomic E-state index is 0.0277. The zero-order chi connectivity index (χ0) is 11.8. The maximum atomic E-state index is 6.23. The summed E-state index contributed by atoms with van der Waals surface area (Å²) in [5, 5.41) is 0. The molecule has 1 aromatic rings. The predicted molar refractivity (Wildman–Crippen MR) is 67.3 cm³/mol. The molecule has 92 valence electrons. The fourth-order valence-electron chi connectivity index (χ4n) is 3.69. The molecule has 0 radical (unpaired) electrons. The molecule has 0 aromatic carbocycles. The monoisotopic (exact) mass is 231 g/mol. The summed E-state index contributed by atoms with van der Waals surface area (Å²) in [6, 6.07) is 0.0277. The van der Waals surface area contributed by atoms with Crippen LogP contribution in [0.4, 0.5) is 0 Å². The van der Waals surface area contributed by atoms with Crippen molar-refractivity contribution >= 4 is 0 Å². The third-order valence-corrected chi connectivity index (χ3v) is 4.57. The minimum Gasteiger partial charge on any atom is -0.321 e. The third kappa shape index (κ3) is 2.21. The molecule has 2 fully saturated rings. The van der Waals surface area contributed by atoms with Gasteiger partial charge in [0.15, 0.2) is 0 Å². The van der Waals surface area contributed by atoms with Crippen molar-refractivity contribution in [1.29, 1.82) is 0 Å². The largest absolute Gasteiger partial charge is 0.321 e. The molecule has 0 aliphatic heterocycles. The summed E-state index contributed by atoms with van der Waals surface area (Å²) in [6.45, 7) is 2.01. The molecule has 2 aliphatic carbocycles. The standard InChI is InChI=1S/C14H21N3/c1-9-7-16-14(17-8-9)13(15)6-12-5-10-2-3-11(12)4-10/h7-8,10-13H,2-6,15H2,1H3. The lowest BCUT2D eigenvalue weighted by molar-refractivity contribution is 0.293. The van der Waals surface area contributed by atoms with Crippen LogP contribution in [0.15, 0.2) is 12.4 Å². The van der Waals surface area contributed by atoms with Gasteiger partial charge in [0.05, 0.1) is 6.04 Å². The fraction of sp³-hybridized carbons (Fsp3) is 0.714. The van der Waals surface area contributed by atoms with Crippen molar-refractivity contribution < 1.29 is 0 Å². The van der Waals surface area contributed by atoms with Gasteiger partial charge in [-0.05, 0) is 55.9 Å². The van der Waals surface area contributed by atoms with Crippen LogP contribution in [0, 0.1) is 24.7 Å². The first-order valence-corrected chi connectivity index (χ1v) is 6.76. The zero-order valence-electron chi connectivity index (χ0n) is 10.5. The Balaban J connectivity index is 1.63. The van der Waals surface area contributed by atoms with Crippen molar-refractivity contribution in [2.75, 3.05) is 0 Å². The van der Waals surface area contributed by atoms with E-state index in [1.165, 1.54) is 25.7 Å². The highest BCUT2D eigenvalue weighted by Crippen LogP contribution is 2.50. The average molecular weight is 231 g/mol. The van der Waals surface area contributed by atoms with E-state index >= 15 is 0 Å². The van der Waals surface area contributed by atoms with Gasteiger partial charge in [-0.1, -0.05) is 6.42 Å². The summed E-state index contributed by atoms with van der Waals surface area (Å²) in [4.78, 5) is 8.69. The van der Waals surface area contributed by atoms with Crippen LogP contribution in [0.1, 0.15) is 49.5 Å². The number of rotatable bonds is 3. The van der Waals surface area contributed by atoms with Crippen molar-refractivity contribution in [3.05, 3.63) is 23.8 Å². The second-order valence-electron chi connectivity index (χ2n) is 5.90. The number of aromatic nitrogens is 2. The molecule has 2 N–H and O–H groups in total. The molecule has 0 saturated heterocycles. The molecule has 4 unspecified atom stereocenters. The quantitative estimate of drug-likeness (QED) is 0.870. The number of fused-ring (bicyclic) bond motifs is 2. The normalized spacial score (nSPS) is 32.9. The summed E-state index contributed by atoms with van der Waals surface area (Å²) in [5.41, 5.74) is 7.33. The van der Waals surface area contributed by atoms with Crippen LogP contribution in [0.2, 0.25) is 0 Å². The fourth-order valence-corrected chi connectivity index (χ4v) is 3.69. The summed E-state index contributed by atoms with van der Waals surface area (Å²) in [7, 11) is 0. The highest BCUT2D eigenvalue weighted by Gasteiger charge is 2.40. The molecule has 1 aromatic heterocycles. The number of aryl methyl sites for hydroxylation is 1. The molecule has 4 atom stereocenters. The van der Waals surface area contributed by atoms with Crippen molar-refractivity contribution in [2.24, 2.45) is 23.5 Å². The summed E-state index contributed by atoms with van der Waals surface area (Å²) in [6.07, 6.45) is 10.5. The van der Waals surface area contributed by atoms with Crippen molar-refractivity contribution in [2.45, 2.75) is 45.1 Å². The lowest BCUT2D eigenvalue weighted by Gasteiger charge is -2.24. The summed E-state index contributed by atoms with van der Waals surface area (Å²) in [5.74, 6) is 3.58. The molecular formula is C14H21N3. The van der Waals surface area contributed by atoms with Crippen LogP contribution in [-0.2, 0) is 0 Å². The highest BCUT2D eigenvalue weighted by atomic mass is 14.9. The Kier molecular flexibility index (Phi) is 2.87. The Morgan fingerprint density at radius 3 is 2.65 bits per heavy atom. The highest BCUT2D eigenvalue weighted by molar-refractivity contribution is 5.05. The van der Waals surface area contributed by atoms with Crippen LogP contribution < -0.4 is 5.73 Å². The molecule has 2 saturated carbocycles. The molecular weight excluding hydrogens is 210 g/mol. The number of hydrogen-bond donors (Lipinski definition) is 1. The predicted octanol–water partition coefficient (Wildman–Crippen LogP) is 2.61. The van der Waals surface area contributed by atoms with Gasteiger partial charge >= 0.3 is 0 Å². The average Bonchev–Trinajstić information content (AvgIpc) is 2.91. The van der Waals surface area contributed by atoms with E-state index in [0.717, 1.165) is 35.6 Å². The van der Waals surface area contributed by atoms with Crippen LogP contribution in [-0.4, -0.2) is 9.97 Å². The van der Waals surface area contributed by atoms with Gasteiger partial charge in [-0.3, -0.25) is 0 Å². The van der Waals surface area contributed by atoms with Crippen LogP contribution >= 0.6 is 0 Å². The van der Waals surface area contributed by atoms with Gasteiger partial charge in [-0.2, -0.15) is 0 Å². The Bertz CT molecular complexity index is 387. The lowest BCUT2D eigenvalue weighted by atomic mass is 9.84. The first kappa shape index (κ1) is 11.1. The number of hydrogen-bond acceptors (Lipinski definition) is 3. The van der Waals surface area contributed by atoms with Crippen molar-refractivity contribution in [3.63, 3.8) is 0 Å². The van der Waals surface area contributed by atoms with E-state index in [4.69, 9.17) is 5.73 Å². The van der Waals surface area contributed by atoms with E-state index in [1.807, 2.05) is 19.3 Å². The molecule has 0 amide bonds. The summed E-state index contributed by atoms with van der Waals surface area (Å²) >= 11 is 0. The van der Waals surface area contributed by atoms with Gasteiger partial charge in [-0.15, -0.1) is 0 Å². The Morgan fingerprint density at radius 2 is 2.06 bits per heavy atom. The van der Waals surface area contributed by atoms with E-state index in [0.29, 0.717) is 0 Å². The second-order valence-corrected chi connectivity index (χ2v) is 5.90. The molecule has 17 heavy (non-hydrogen) atoms. The van der Waals surface area contributed by atoms with Crippen LogP contribution in [0.3, 0.4) is 0 Å². The van der Waals surface area contributed by atoms with Crippen LogP contribution in [0.5, 0.6) is 0 Å². The van der Waals surface area contributed by atoms with Crippen LogP contribution in [0.25, 0.3) is 0 Å². The van der Waals surface area contributed by atoms with Gasteiger partial charge in [0.25, 0.3) is 0 Å². The molecule has 3 nitrogen and oxygen atoms in total. The second kappa shape index (κ2) is 4.37. The SMILES string of the molecule is Cc1cnc(C(N)CC2CC3CCC2C3)nc1. The first-order valence-electron chi connectivity index (χ1n) is 6.76. The van der Waals surface area contributed by atoms with Crippen molar-refractivity contribution in [3.8, 4) is 0 Å². The first-order chi connectivity index (χ1) is 8.22. The lowest BCUT2D eigenvalue weighted by Crippen LogP contribution is -2.21. The summed E-state index contributed by atoms with van der Waals surface area (Å²) < 4.78 is 0. The molecule has 3 rings (SSSR count). The van der Waals surface area contributed by atoms with E-state index in [-0.39, 0.29) is 6.04 Å². The van der Waals surface area contributed by atoms with Gasteiger partial charge in [-0.25, -0.2) is 9.97 Å². The molecule has 2 aliphatic rings. The minimum atomic E-state index is 0.0277. The van der Waals surface area contributed by atoms with Gasteiger partial charge in [0.1, 0.15) is 5.82 Å². The Morgan fingerprint density at radius 1 is 1.29 bits per heavy atom. The molecule has 3 heteroatoms. The number of nitrogens with two attached hydrogens (primary N) is 1. The Hall–Kier alpha value is -0.960. The topological polar surface area (TPSA) is 51.8 Å². The maximum Gasteiger partial charge on any atom is 0.144 e. The smallest absolute Gasteiger partial charge is 0.144 e. The molecule has 0 spiro atoms. The van der Waals surface area contributed by atoms with E-state index in [2.05, 4.69) is 9.97 Å². The molecule has 1 heterocycles. The Labute approximate surface area is 103 Å². The van der Waals surface area contributed by atoms with E-state index in [1.54, 1.807) is 0 Å². The van der Waals surface area contributed by atoms with Crippen molar-refractivity contribution in [1.82, 2.24) is 9.97 Å². The van der Waals surface area contributed by atoms with E-state index in [9.17, 15) is 0 Å². The van der Waals surface area contributed by atoms with Gasteiger partial charge in [0, 0.05) is 12.4 Å². The maximum absolute atomic E-state index is 6.23. The molecule has 2 bridgehead atoms. The van der Waals surface area contributed by atoms with Gasteiger partial charge in [0.2, 0.25) is 0 Å². The zero-order valence-corrected chi connectivity index (χ0v) is 10.5. The third-order valence-electron chi connectivity index (χ3n) is 4.57.